The summed E-state index contributed by atoms with van der Waals surface area (Å²) in [7, 11) is 0. The minimum Gasteiger partial charge on any atom is -0.483 e. The van der Waals surface area contributed by atoms with Crippen molar-refractivity contribution >= 4 is 23.2 Å². The van der Waals surface area contributed by atoms with Crippen molar-refractivity contribution in [3.05, 3.63) is 89.2 Å². The number of hydrogen-bond donors (Lipinski definition) is 2. The van der Waals surface area contributed by atoms with Gasteiger partial charge in [0.2, 0.25) is 0 Å². The molecule has 0 unspecified atom stereocenters. The molecule has 1 heterocycles. The zero-order valence-corrected chi connectivity index (χ0v) is 17.7. The standard InChI is InChI=1S/C24H24N4O3/c1-16-8-6-12-22(17(16)2)31-15-23(29)26-21-11-5-4-10-20(21)24(30)28-27-18(3)19-9-7-13-25-14-19/h4-14H,15H2,1-3H3,(H,26,29)(H,28,30)/b27-18+. The van der Waals surface area contributed by atoms with Crippen LogP contribution in [0.1, 0.15) is 34.0 Å². The van der Waals surface area contributed by atoms with Crippen molar-refractivity contribution in [3.63, 3.8) is 0 Å². The third kappa shape index (κ3) is 5.76. The molecule has 2 N–H and O–H groups in total. The van der Waals surface area contributed by atoms with Gasteiger partial charge in [-0.15, -0.1) is 0 Å². The molecule has 0 fully saturated rings. The van der Waals surface area contributed by atoms with Gasteiger partial charge in [-0.1, -0.05) is 30.3 Å². The molecule has 0 radical (unpaired) electrons. The van der Waals surface area contributed by atoms with Gasteiger partial charge in [0, 0.05) is 18.0 Å². The highest BCUT2D eigenvalue weighted by molar-refractivity contribution is 6.05. The lowest BCUT2D eigenvalue weighted by Crippen LogP contribution is -2.24. The van der Waals surface area contributed by atoms with Gasteiger partial charge in [-0.3, -0.25) is 14.6 Å². The van der Waals surface area contributed by atoms with Crippen LogP contribution in [-0.4, -0.2) is 29.1 Å². The largest absolute Gasteiger partial charge is 0.483 e. The molecule has 0 atom stereocenters. The summed E-state index contributed by atoms with van der Waals surface area (Å²) in [6, 6.07) is 16.0. The lowest BCUT2D eigenvalue weighted by Gasteiger charge is -2.13. The number of nitrogens with zero attached hydrogens (tertiary/aromatic N) is 2. The van der Waals surface area contributed by atoms with E-state index in [0.29, 0.717) is 22.7 Å². The average molecular weight is 416 g/mol. The first-order chi connectivity index (χ1) is 15.0. The van der Waals surface area contributed by atoms with E-state index in [4.69, 9.17) is 4.74 Å². The Bertz CT molecular complexity index is 1110. The zero-order valence-electron chi connectivity index (χ0n) is 17.7. The Kier molecular flexibility index (Phi) is 7.11. The number of benzene rings is 2. The van der Waals surface area contributed by atoms with Crippen molar-refractivity contribution in [3.8, 4) is 5.75 Å². The second kappa shape index (κ2) is 10.2. The Morgan fingerprint density at radius 1 is 1.03 bits per heavy atom. The molecule has 158 valence electrons. The summed E-state index contributed by atoms with van der Waals surface area (Å²) >= 11 is 0. The third-order valence-corrected chi connectivity index (χ3v) is 4.76. The van der Waals surface area contributed by atoms with E-state index in [9.17, 15) is 9.59 Å². The summed E-state index contributed by atoms with van der Waals surface area (Å²) in [6.07, 6.45) is 3.33. The topological polar surface area (TPSA) is 92.7 Å². The molecule has 7 heteroatoms. The summed E-state index contributed by atoms with van der Waals surface area (Å²) in [5.74, 6) is -0.146. The summed E-state index contributed by atoms with van der Waals surface area (Å²) in [6.45, 7) is 5.53. The fraction of sp³-hybridized carbons (Fsp3) is 0.167. The van der Waals surface area contributed by atoms with E-state index < -0.39 is 5.91 Å². The molecule has 0 bridgehead atoms. The maximum atomic E-state index is 12.6. The summed E-state index contributed by atoms with van der Waals surface area (Å²) in [5.41, 5.74) is 6.68. The highest BCUT2D eigenvalue weighted by Gasteiger charge is 2.14. The monoisotopic (exact) mass is 416 g/mol. The molecule has 31 heavy (non-hydrogen) atoms. The van der Waals surface area contributed by atoms with Crippen LogP contribution in [0.3, 0.4) is 0 Å². The molecule has 0 aliphatic heterocycles. The minimum atomic E-state index is -0.436. The van der Waals surface area contributed by atoms with E-state index in [1.54, 1.807) is 49.6 Å². The van der Waals surface area contributed by atoms with E-state index in [0.717, 1.165) is 16.7 Å². The molecule has 0 aliphatic carbocycles. The number of hydrogen-bond acceptors (Lipinski definition) is 5. The van der Waals surface area contributed by atoms with Crippen LogP contribution in [-0.2, 0) is 4.79 Å². The van der Waals surface area contributed by atoms with Crippen molar-refractivity contribution < 1.29 is 14.3 Å². The van der Waals surface area contributed by atoms with Crippen molar-refractivity contribution in [2.24, 2.45) is 5.10 Å². The van der Waals surface area contributed by atoms with E-state index in [1.165, 1.54) is 0 Å². The number of para-hydroxylation sites is 1. The molecule has 0 spiro atoms. The normalized spacial score (nSPS) is 11.0. The number of aromatic nitrogens is 1. The number of carbonyl (C=O) groups is 2. The molecule has 2 aromatic carbocycles. The molecule has 0 aliphatic rings. The highest BCUT2D eigenvalue weighted by atomic mass is 16.5. The Labute approximate surface area is 181 Å². The maximum absolute atomic E-state index is 12.6. The minimum absolute atomic E-state index is 0.168. The molecule has 7 nitrogen and oxygen atoms in total. The predicted molar refractivity (Wildman–Crippen MR) is 120 cm³/mol. The van der Waals surface area contributed by atoms with Crippen LogP contribution in [0.15, 0.2) is 72.1 Å². The Hall–Kier alpha value is -4.00. The van der Waals surface area contributed by atoms with Crippen molar-refractivity contribution in [2.75, 3.05) is 11.9 Å². The van der Waals surface area contributed by atoms with Gasteiger partial charge >= 0.3 is 0 Å². The zero-order chi connectivity index (χ0) is 22.2. The highest BCUT2D eigenvalue weighted by Crippen LogP contribution is 2.21. The van der Waals surface area contributed by atoms with Gasteiger partial charge in [-0.2, -0.15) is 5.10 Å². The van der Waals surface area contributed by atoms with Gasteiger partial charge in [-0.25, -0.2) is 5.43 Å². The van der Waals surface area contributed by atoms with Gasteiger partial charge in [-0.05, 0) is 56.2 Å². The van der Waals surface area contributed by atoms with Crippen LogP contribution in [0.2, 0.25) is 0 Å². The van der Waals surface area contributed by atoms with Gasteiger partial charge < -0.3 is 10.1 Å². The summed E-state index contributed by atoms with van der Waals surface area (Å²) in [5, 5.41) is 6.86. The number of rotatable bonds is 7. The Morgan fingerprint density at radius 3 is 2.61 bits per heavy atom. The van der Waals surface area contributed by atoms with E-state index in [2.05, 4.69) is 20.8 Å². The van der Waals surface area contributed by atoms with E-state index >= 15 is 0 Å². The Morgan fingerprint density at radius 2 is 1.84 bits per heavy atom. The quantitative estimate of drug-likeness (QED) is 0.452. The fourth-order valence-electron chi connectivity index (χ4n) is 2.84. The first kappa shape index (κ1) is 21.7. The van der Waals surface area contributed by atoms with Crippen LogP contribution in [0.25, 0.3) is 0 Å². The fourth-order valence-corrected chi connectivity index (χ4v) is 2.84. The first-order valence-electron chi connectivity index (χ1n) is 9.78. The molecule has 0 saturated carbocycles. The predicted octanol–water partition coefficient (Wildman–Crippen LogP) is 3.87. The Balaban J connectivity index is 1.65. The lowest BCUT2D eigenvalue weighted by atomic mass is 10.1. The van der Waals surface area contributed by atoms with Crippen molar-refractivity contribution in [1.82, 2.24) is 10.4 Å². The van der Waals surface area contributed by atoms with Crippen LogP contribution < -0.4 is 15.5 Å². The SMILES string of the molecule is C/C(=N\NC(=O)c1ccccc1NC(=O)COc1cccc(C)c1C)c1cccnc1. The number of aryl methyl sites for hydroxylation is 1. The van der Waals surface area contributed by atoms with Gasteiger partial charge in [0.05, 0.1) is 17.0 Å². The first-order valence-corrected chi connectivity index (χ1v) is 9.78. The van der Waals surface area contributed by atoms with Crippen LogP contribution >= 0.6 is 0 Å². The number of nitrogens with one attached hydrogen (secondary N) is 2. The molecular weight excluding hydrogens is 392 g/mol. The third-order valence-electron chi connectivity index (χ3n) is 4.76. The van der Waals surface area contributed by atoms with Gasteiger partial charge in [0.15, 0.2) is 6.61 Å². The van der Waals surface area contributed by atoms with Crippen LogP contribution in [0.4, 0.5) is 5.69 Å². The molecular formula is C24H24N4O3. The number of hydrazone groups is 1. The van der Waals surface area contributed by atoms with E-state index in [-0.39, 0.29) is 12.5 Å². The summed E-state index contributed by atoms with van der Waals surface area (Å²) in [4.78, 5) is 29.1. The maximum Gasteiger partial charge on any atom is 0.273 e. The molecule has 3 aromatic rings. The number of carbonyl (C=O) groups excluding carboxylic acids is 2. The number of ether oxygens (including phenoxy) is 1. The van der Waals surface area contributed by atoms with Crippen molar-refractivity contribution in [2.45, 2.75) is 20.8 Å². The number of amides is 2. The lowest BCUT2D eigenvalue weighted by molar-refractivity contribution is -0.118. The van der Waals surface area contributed by atoms with Crippen LogP contribution in [0, 0.1) is 13.8 Å². The average Bonchev–Trinajstić information content (AvgIpc) is 2.79. The van der Waals surface area contributed by atoms with Gasteiger partial charge in [0.1, 0.15) is 5.75 Å². The van der Waals surface area contributed by atoms with Gasteiger partial charge in [0.25, 0.3) is 11.8 Å². The number of anilines is 1. The van der Waals surface area contributed by atoms with E-state index in [1.807, 2.05) is 38.1 Å². The smallest absolute Gasteiger partial charge is 0.273 e. The summed E-state index contributed by atoms with van der Waals surface area (Å²) < 4.78 is 5.64. The molecule has 1 aromatic heterocycles. The van der Waals surface area contributed by atoms with Crippen LogP contribution in [0.5, 0.6) is 5.75 Å². The van der Waals surface area contributed by atoms with Crippen molar-refractivity contribution in [1.29, 1.82) is 0 Å². The molecule has 3 rings (SSSR count). The second-order valence-electron chi connectivity index (χ2n) is 6.96. The number of pyridine rings is 1. The second-order valence-corrected chi connectivity index (χ2v) is 6.96. The molecule has 0 saturated heterocycles. The molecule has 2 amide bonds.